The maximum atomic E-state index is 6.15. The van der Waals surface area contributed by atoms with Crippen LogP contribution in [0.5, 0.6) is 0 Å². The second kappa shape index (κ2) is 6.55. The molecule has 0 aromatic carbocycles. The first kappa shape index (κ1) is 13.8. The number of ether oxygens (including phenoxy) is 1. The van der Waals surface area contributed by atoms with Gasteiger partial charge in [-0.2, -0.15) is 0 Å². The highest BCUT2D eigenvalue weighted by atomic mass is 16.5. The fourth-order valence-electron chi connectivity index (χ4n) is 3.62. The lowest BCUT2D eigenvalue weighted by atomic mass is 9.94. The van der Waals surface area contributed by atoms with Crippen molar-refractivity contribution in [3.8, 4) is 0 Å². The Bertz CT molecular complexity index is 264. The predicted molar refractivity (Wildman–Crippen MR) is 78.4 cm³/mol. The molecule has 0 bridgehead atoms. The topological polar surface area (TPSA) is 15.7 Å². The van der Waals surface area contributed by atoms with E-state index in [1.54, 1.807) is 0 Å². The lowest BCUT2D eigenvalue weighted by Crippen LogP contribution is -2.43. The van der Waals surface area contributed by atoms with E-state index in [1.807, 2.05) is 0 Å². The minimum atomic E-state index is 0.569. The van der Waals surface area contributed by atoms with Gasteiger partial charge in [-0.1, -0.05) is 0 Å². The minimum absolute atomic E-state index is 0.569. The first-order valence-corrected chi connectivity index (χ1v) is 8.36. The lowest BCUT2D eigenvalue weighted by Gasteiger charge is -2.38. The van der Waals surface area contributed by atoms with E-state index in [4.69, 9.17) is 4.74 Å². The van der Waals surface area contributed by atoms with Gasteiger partial charge in [-0.15, -0.1) is 0 Å². The highest BCUT2D eigenvalue weighted by Gasteiger charge is 2.27. The van der Waals surface area contributed by atoms with Gasteiger partial charge >= 0.3 is 0 Å². The fourth-order valence-corrected chi connectivity index (χ4v) is 3.62. The summed E-state index contributed by atoms with van der Waals surface area (Å²) in [6.45, 7) is 6.47. The van der Waals surface area contributed by atoms with Crippen molar-refractivity contribution < 1.29 is 4.74 Å². The molecule has 0 atom stereocenters. The first-order chi connectivity index (χ1) is 9.29. The van der Waals surface area contributed by atoms with Gasteiger partial charge in [0.2, 0.25) is 0 Å². The van der Waals surface area contributed by atoms with Crippen LogP contribution in [0.25, 0.3) is 0 Å². The Morgan fingerprint density at radius 3 is 2.05 bits per heavy atom. The van der Waals surface area contributed by atoms with Gasteiger partial charge < -0.3 is 14.5 Å². The zero-order valence-electron chi connectivity index (χ0n) is 12.5. The van der Waals surface area contributed by atoms with Crippen LogP contribution >= 0.6 is 0 Å². The molecular formula is C16H30N2O. The van der Waals surface area contributed by atoms with Crippen LogP contribution in [0.2, 0.25) is 0 Å². The van der Waals surface area contributed by atoms with Crippen LogP contribution in [0.3, 0.4) is 0 Å². The third-order valence-corrected chi connectivity index (χ3v) is 5.33. The van der Waals surface area contributed by atoms with E-state index in [0.29, 0.717) is 12.2 Å². The van der Waals surface area contributed by atoms with Crippen molar-refractivity contribution in [2.24, 2.45) is 5.92 Å². The summed E-state index contributed by atoms with van der Waals surface area (Å²) in [4.78, 5) is 5.16. The van der Waals surface area contributed by atoms with Crippen molar-refractivity contribution in [2.75, 3.05) is 39.8 Å². The summed E-state index contributed by atoms with van der Waals surface area (Å²) in [6.07, 6.45) is 10.5. The molecule has 2 saturated heterocycles. The smallest absolute Gasteiger partial charge is 0.0603 e. The Balaban J connectivity index is 1.33. The molecule has 0 spiro atoms. The molecule has 1 saturated carbocycles. The number of rotatable bonds is 4. The number of piperidine rings is 2. The Hall–Kier alpha value is -0.120. The van der Waals surface area contributed by atoms with E-state index >= 15 is 0 Å². The predicted octanol–water partition coefficient (Wildman–Crippen LogP) is 2.36. The molecule has 3 rings (SSSR count). The standard InChI is InChI=1S/C16H30N2O/c1-17-9-5-14(6-10-17)13-18-11-7-16(8-12-18)19-15-3-2-4-15/h14-16H,2-13H2,1H3. The SMILES string of the molecule is CN1CCC(CN2CCC(OC3CCC3)CC2)CC1. The van der Waals surface area contributed by atoms with Gasteiger partial charge in [0, 0.05) is 19.6 Å². The van der Waals surface area contributed by atoms with Crippen molar-refractivity contribution in [3.05, 3.63) is 0 Å². The summed E-state index contributed by atoms with van der Waals surface area (Å²) in [5.74, 6) is 0.945. The normalized spacial score (nSPS) is 29.5. The van der Waals surface area contributed by atoms with Crippen LogP contribution < -0.4 is 0 Å². The van der Waals surface area contributed by atoms with Crippen molar-refractivity contribution in [2.45, 2.75) is 57.2 Å². The molecule has 2 aliphatic heterocycles. The monoisotopic (exact) mass is 266 g/mol. The van der Waals surface area contributed by atoms with Crippen LogP contribution in [-0.4, -0.2) is 61.8 Å². The first-order valence-electron chi connectivity index (χ1n) is 8.36. The highest BCUT2D eigenvalue weighted by Crippen LogP contribution is 2.27. The maximum Gasteiger partial charge on any atom is 0.0603 e. The third-order valence-electron chi connectivity index (χ3n) is 5.33. The third kappa shape index (κ3) is 3.93. The molecule has 19 heavy (non-hydrogen) atoms. The molecule has 0 aromatic heterocycles. The van der Waals surface area contributed by atoms with Crippen LogP contribution in [0.4, 0.5) is 0 Å². The van der Waals surface area contributed by atoms with Gasteiger partial charge in [0.1, 0.15) is 0 Å². The highest BCUT2D eigenvalue weighted by molar-refractivity contribution is 4.79. The summed E-state index contributed by atoms with van der Waals surface area (Å²) < 4.78 is 6.15. The van der Waals surface area contributed by atoms with Gasteiger partial charge in [0.15, 0.2) is 0 Å². The summed E-state index contributed by atoms with van der Waals surface area (Å²) in [5.41, 5.74) is 0. The number of likely N-dealkylation sites (tertiary alicyclic amines) is 2. The summed E-state index contributed by atoms with van der Waals surface area (Å²) >= 11 is 0. The van der Waals surface area contributed by atoms with Gasteiger partial charge in [-0.25, -0.2) is 0 Å². The molecule has 0 aromatic rings. The largest absolute Gasteiger partial charge is 0.375 e. The number of nitrogens with zero attached hydrogens (tertiary/aromatic N) is 2. The minimum Gasteiger partial charge on any atom is -0.375 e. The molecule has 1 aliphatic carbocycles. The molecule has 0 N–H and O–H groups in total. The Morgan fingerprint density at radius 1 is 0.842 bits per heavy atom. The van der Waals surface area contributed by atoms with Crippen molar-refractivity contribution >= 4 is 0 Å². The molecule has 3 fully saturated rings. The van der Waals surface area contributed by atoms with E-state index in [0.717, 1.165) is 5.92 Å². The van der Waals surface area contributed by atoms with Crippen molar-refractivity contribution in [1.29, 1.82) is 0 Å². The summed E-state index contributed by atoms with van der Waals surface area (Å²) in [6, 6.07) is 0. The molecule has 3 aliphatic rings. The van der Waals surface area contributed by atoms with E-state index < -0.39 is 0 Å². The second-order valence-corrected chi connectivity index (χ2v) is 6.94. The molecule has 3 heteroatoms. The lowest BCUT2D eigenvalue weighted by molar-refractivity contribution is -0.0748. The molecule has 110 valence electrons. The molecule has 2 heterocycles. The average molecular weight is 266 g/mol. The van der Waals surface area contributed by atoms with Crippen molar-refractivity contribution in [1.82, 2.24) is 9.80 Å². The van der Waals surface area contributed by atoms with E-state index in [2.05, 4.69) is 16.8 Å². The Kier molecular flexibility index (Phi) is 4.78. The Labute approximate surface area is 118 Å². The molecule has 0 unspecified atom stereocenters. The number of hydrogen-bond donors (Lipinski definition) is 0. The van der Waals surface area contributed by atoms with E-state index in [1.165, 1.54) is 77.7 Å². The maximum absolute atomic E-state index is 6.15. The van der Waals surface area contributed by atoms with Gasteiger partial charge in [0.05, 0.1) is 12.2 Å². The number of hydrogen-bond acceptors (Lipinski definition) is 3. The van der Waals surface area contributed by atoms with E-state index in [9.17, 15) is 0 Å². The van der Waals surface area contributed by atoms with Gasteiger partial charge in [-0.3, -0.25) is 0 Å². The zero-order valence-corrected chi connectivity index (χ0v) is 12.5. The Morgan fingerprint density at radius 2 is 1.47 bits per heavy atom. The molecule has 0 radical (unpaired) electrons. The zero-order chi connectivity index (χ0) is 13.1. The summed E-state index contributed by atoms with van der Waals surface area (Å²) in [7, 11) is 2.25. The second-order valence-electron chi connectivity index (χ2n) is 6.94. The van der Waals surface area contributed by atoms with Crippen LogP contribution in [0, 0.1) is 5.92 Å². The van der Waals surface area contributed by atoms with Crippen LogP contribution in [0.15, 0.2) is 0 Å². The van der Waals surface area contributed by atoms with Crippen LogP contribution in [0.1, 0.15) is 44.9 Å². The average Bonchev–Trinajstić information content (AvgIpc) is 2.38. The van der Waals surface area contributed by atoms with Gasteiger partial charge in [-0.05, 0) is 71.0 Å². The molecule has 0 amide bonds. The van der Waals surface area contributed by atoms with E-state index in [-0.39, 0.29) is 0 Å². The molecular weight excluding hydrogens is 236 g/mol. The quantitative estimate of drug-likeness (QED) is 0.777. The molecule has 3 nitrogen and oxygen atoms in total. The van der Waals surface area contributed by atoms with Crippen molar-refractivity contribution in [3.63, 3.8) is 0 Å². The fraction of sp³-hybridized carbons (Fsp3) is 1.00. The van der Waals surface area contributed by atoms with Crippen LogP contribution in [-0.2, 0) is 4.74 Å². The summed E-state index contributed by atoms with van der Waals surface area (Å²) in [5, 5.41) is 0. The van der Waals surface area contributed by atoms with Gasteiger partial charge in [0.25, 0.3) is 0 Å².